The number of fused-ring (bicyclic) bond motifs is 3. The normalized spacial score (nSPS) is 27.1. The monoisotopic (exact) mass is 705 g/mol. The molecule has 0 radical (unpaired) electrons. The number of allylic oxidation sites excluding steroid dienone is 14. The highest BCUT2D eigenvalue weighted by Crippen LogP contribution is 2.45. The molecule has 54 heavy (non-hydrogen) atoms. The van der Waals surface area contributed by atoms with Crippen molar-refractivity contribution in [1.82, 2.24) is 0 Å². The van der Waals surface area contributed by atoms with Crippen molar-refractivity contribution in [3.8, 4) is 0 Å². The van der Waals surface area contributed by atoms with Gasteiger partial charge >= 0.3 is 0 Å². The molecular formula is C50H47N3O. The quantitative estimate of drug-likeness (QED) is 0.218. The molecule has 1 saturated heterocycles. The van der Waals surface area contributed by atoms with Gasteiger partial charge in [-0.2, -0.15) is 0 Å². The van der Waals surface area contributed by atoms with Gasteiger partial charge in [-0.05, 0) is 105 Å². The molecule has 10 rings (SSSR count). The molecule has 5 aliphatic carbocycles. The summed E-state index contributed by atoms with van der Waals surface area (Å²) in [5.41, 5.74) is 18.4. The lowest BCUT2D eigenvalue weighted by Crippen LogP contribution is -2.13. The van der Waals surface area contributed by atoms with Crippen molar-refractivity contribution in [2.75, 3.05) is 0 Å². The molecule has 4 heteroatoms. The van der Waals surface area contributed by atoms with Gasteiger partial charge in [0.1, 0.15) is 17.6 Å². The smallest absolute Gasteiger partial charge is 0.161 e. The van der Waals surface area contributed by atoms with Gasteiger partial charge in [0.25, 0.3) is 0 Å². The standard InChI is InChI=1S/C50H47N3O/c1-2-12-37(13-3-1)48-41(20-10-32-51-48)35-24-28-38(29-25-35)50-52-45(36-26-22-34(23-27-36)40-17-8-14-33-11-4-5-15-39(33)40)30-31-46(53-50)44-19-9-18-43-42-16-6-7-21-47(42)54-49(43)44/h1-2,5-7,15-16,18,21-29,31-32,37,40,42,47H,3-4,8-14,17,19-20H2. The van der Waals surface area contributed by atoms with Crippen molar-refractivity contribution in [3.63, 3.8) is 0 Å². The van der Waals surface area contributed by atoms with Gasteiger partial charge in [-0.15, -0.1) is 0 Å². The van der Waals surface area contributed by atoms with Crippen LogP contribution in [0.3, 0.4) is 0 Å². The van der Waals surface area contributed by atoms with Gasteiger partial charge in [0.2, 0.25) is 0 Å². The fourth-order valence-corrected chi connectivity index (χ4v) is 9.76. The van der Waals surface area contributed by atoms with E-state index in [1.807, 2.05) is 0 Å². The van der Waals surface area contributed by atoms with Gasteiger partial charge < -0.3 is 4.74 Å². The van der Waals surface area contributed by atoms with Crippen molar-refractivity contribution >= 4 is 29.0 Å². The number of nitrogens with zero attached hydrogens (tertiary/aromatic N) is 3. The first-order valence-electron chi connectivity index (χ1n) is 20.4. The molecule has 0 bridgehead atoms. The minimum Gasteiger partial charge on any atom is -0.485 e. The Hall–Kier alpha value is -5.31. The lowest BCUT2D eigenvalue weighted by Gasteiger charge is -2.29. The number of amidine groups is 1. The van der Waals surface area contributed by atoms with Crippen molar-refractivity contribution < 1.29 is 4.74 Å². The Morgan fingerprint density at radius 2 is 1.57 bits per heavy atom. The Morgan fingerprint density at radius 1 is 0.722 bits per heavy atom. The van der Waals surface area contributed by atoms with E-state index in [0.29, 0.717) is 17.7 Å². The van der Waals surface area contributed by atoms with E-state index < -0.39 is 0 Å². The highest BCUT2D eigenvalue weighted by atomic mass is 16.5. The van der Waals surface area contributed by atoms with Crippen LogP contribution in [0.15, 0.2) is 164 Å². The van der Waals surface area contributed by atoms with E-state index in [9.17, 15) is 0 Å². The third-order valence-corrected chi connectivity index (χ3v) is 12.6. The first-order chi connectivity index (χ1) is 26.8. The molecule has 0 spiro atoms. The highest BCUT2D eigenvalue weighted by Gasteiger charge is 2.38. The van der Waals surface area contributed by atoms with E-state index in [0.717, 1.165) is 72.4 Å². The summed E-state index contributed by atoms with van der Waals surface area (Å²) in [6.45, 7) is 0. The van der Waals surface area contributed by atoms with Gasteiger partial charge in [0.05, 0.1) is 5.71 Å². The average molecular weight is 706 g/mol. The number of rotatable bonds is 6. The molecule has 1 fully saturated rings. The third-order valence-electron chi connectivity index (χ3n) is 12.6. The lowest BCUT2D eigenvalue weighted by molar-refractivity contribution is 0.182. The van der Waals surface area contributed by atoms with Crippen LogP contribution in [-0.2, 0) is 4.74 Å². The third kappa shape index (κ3) is 6.27. The zero-order valence-corrected chi connectivity index (χ0v) is 31.0. The fourth-order valence-electron chi connectivity index (χ4n) is 9.76. The Balaban J connectivity index is 1.03. The summed E-state index contributed by atoms with van der Waals surface area (Å²) in [7, 11) is 0. The Morgan fingerprint density at radius 3 is 2.46 bits per heavy atom. The second kappa shape index (κ2) is 14.5. The lowest BCUT2D eigenvalue weighted by atomic mass is 9.75. The summed E-state index contributed by atoms with van der Waals surface area (Å²) in [5.74, 6) is 2.93. The fraction of sp³-hybridized carbons (Fsp3) is 0.320. The van der Waals surface area contributed by atoms with Crippen LogP contribution in [0.2, 0.25) is 0 Å². The first kappa shape index (κ1) is 33.3. The molecule has 4 unspecified atom stereocenters. The van der Waals surface area contributed by atoms with Crippen LogP contribution < -0.4 is 0 Å². The number of hydrogen-bond donors (Lipinski definition) is 0. The van der Waals surface area contributed by atoms with Gasteiger partial charge in [-0.1, -0.05) is 108 Å². The van der Waals surface area contributed by atoms with Crippen LogP contribution in [0.1, 0.15) is 105 Å². The van der Waals surface area contributed by atoms with E-state index in [2.05, 4.69) is 121 Å². The van der Waals surface area contributed by atoms with Gasteiger partial charge in [0, 0.05) is 58.0 Å². The van der Waals surface area contributed by atoms with E-state index in [1.54, 1.807) is 11.1 Å². The summed E-state index contributed by atoms with van der Waals surface area (Å²) in [6.07, 6.45) is 38.0. The Labute approximate surface area is 319 Å². The molecule has 0 aromatic heterocycles. The van der Waals surface area contributed by atoms with E-state index in [4.69, 9.17) is 19.7 Å². The second-order valence-corrected chi connectivity index (χ2v) is 15.8. The predicted octanol–water partition coefficient (Wildman–Crippen LogP) is 12.0. The Kier molecular flexibility index (Phi) is 8.93. The number of benzene rings is 2. The van der Waals surface area contributed by atoms with E-state index in [1.165, 1.54) is 66.5 Å². The molecule has 2 aromatic carbocycles. The largest absolute Gasteiger partial charge is 0.485 e. The number of hydrogen-bond acceptors (Lipinski definition) is 4. The van der Waals surface area contributed by atoms with E-state index in [-0.39, 0.29) is 12.0 Å². The molecule has 8 aliphatic rings. The maximum absolute atomic E-state index is 6.65. The molecule has 3 heterocycles. The zero-order chi connectivity index (χ0) is 35.8. The summed E-state index contributed by atoms with van der Waals surface area (Å²) in [6, 6.07) is 18.1. The number of ether oxygens (including phenoxy) is 1. The van der Waals surface area contributed by atoms with Gasteiger partial charge in [0.15, 0.2) is 5.84 Å². The molecule has 2 aromatic rings. The van der Waals surface area contributed by atoms with Crippen molar-refractivity contribution in [2.24, 2.45) is 26.8 Å². The summed E-state index contributed by atoms with van der Waals surface area (Å²) in [5, 5.41) is 0. The molecule has 4 nitrogen and oxygen atoms in total. The average Bonchev–Trinajstić information content (AvgIpc) is 3.49. The van der Waals surface area contributed by atoms with Crippen LogP contribution in [0, 0.1) is 11.8 Å². The number of aliphatic imine (C=N–C) groups is 3. The maximum atomic E-state index is 6.65. The summed E-state index contributed by atoms with van der Waals surface area (Å²) < 4.78 is 6.65. The summed E-state index contributed by atoms with van der Waals surface area (Å²) in [4.78, 5) is 15.6. The first-order valence-corrected chi connectivity index (χ1v) is 20.4. The second-order valence-electron chi connectivity index (χ2n) is 15.8. The topological polar surface area (TPSA) is 46.3 Å². The van der Waals surface area contributed by atoms with Gasteiger partial charge in [-0.3, -0.25) is 4.99 Å². The van der Waals surface area contributed by atoms with Crippen molar-refractivity contribution in [3.05, 3.63) is 171 Å². The molecule has 0 saturated carbocycles. The molecule has 0 N–H and O–H groups in total. The SMILES string of the molecule is C1=CC(C2=C3OC4C=CC=CC4C3=CCC2)=NC(c2ccc(C3=C(C4CC=CCC4)N=CCC3)cc2)=NC=1c1ccc(C2CCCC3=C2C=CCC3)cc1. The zero-order valence-electron chi connectivity index (χ0n) is 31.0. The van der Waals surface area contributed by atoms with Crippen LogP contribution in [0.4, 0.5) is 0 Å². The molecular weight excluding hydrogens is 659 g/mol. The molecule has 0 amide bonds. The van der Waals surface area contributed by atoms with Crippen molar-refractivity contribution in [1.29, 1.82) is 0 Å². The summed E-state index contributed by atoms with van der Waals surface area (Å²) >= 11 is 0. The van der Waals surface area contributed by atoms with Crippen LogP contribution in [0.25, 0.3) is 11.3 Å². The molecule has 4 atom stereocenters. The molecule has 3 aliphatic heterocycles. The highest BCUT2D eigenvalue weighted by molar-refractivity contribution is 6.19. The maximum Gasteiger partial charge on any atom is 0.161 e. The van der Waals surface area contributed by atoms with Crippen LogP contribution >= 0.6 is 0 Å². The van der Waals surface area contributed by atoms with Crippen LogP contribution in [-0.4, -0.2) is 23.9 Å². The predicted molar refractivity (Wildman–Crippen MR) is 222 cm³/mol. The minimum atomic E-state index is 0.0399. The van der Waals surface area contributed by atoms with Crippen molar-refractivity contribution in [2.45, 2.75) is 89.1 Å². The van der Waals surface area contributed by atoms with Gasteiger partial charge in [-0.25, -0.2) is 9.98 Å². The molecule has 268 valence electrons. The van der Waals surface area contributed by atoms with E-state index >= 15 is 0 Å². The minimum absolute atomic E-state index is 0.0399. The van der Waals surface area contributed by atoms with Crippen LogP contribution in [0.5, 0.6) is 0 Å². The Bertz CT molecular complexity index is 2290.